The van der Waals surface area contributed by atoms with Crippen molar-refractivity contribution in [2.24, 2.45) is 0 Å². The van der Waals surface area contributed by atoms with Crippen LogP contribution in [0, 0.1) is 0 Å². The minimum Gasteiger partial charge on any atom is -0.491 e. The highest BCUT2D eigenvalue weighted by atomic mass is 16.5. The molecule has 0 atom stereocenters. The lowest BCUT2D eigenvalue weighted by molar-refractivity contribution is 0.0544. The third-order valence-corrected chi connectivity index (χ3v) is 3.68. The van der Waals surface area contributed by atoms with Crippen LogP contribution >= 0.6 is 0 Å². The van der Waals surface area contributed by atoms with E-state index in [1.807, 2.05) is 36.4 Å². The van der Waals surface area contributed by atoms with E-state index in [-0.39, 0.29) is 0 Å². The van der Waals surface area contributed by atoms with E-state index in [4.69, 9.17) is 28.4 Å². The molecule has 0 bridgehead atoms. The fourth-order valence-electron chi connectivity index (χ4n) is 2.41. The maximum Gasteiger partial charge on any atom is 0.127 e. The van der Waals surface area contributed by atoms with Crippen molar-refractivity contribution in [2.75, 3.05) is 67.1 Å². The molecule has 0 saturated carbocycles. The molecule has 26 heavy (non-hydrogen) atoms. The topological polar surface area (TPSA) is 55.4 Å². The molecule has 0 N–H and O–H groups in total. The molecule has 0 saturated heterocycles. The second kappa shape index (κ2) is 12.5. The van der Waals surface area contributed by atoms with Gasteiger partial charge in [0.1, 0.15) is 24.7 Å². The molecule has 0 unspecified atom stereocenters. The van der Waals surface area contributed by atoms with E-state index in [1.54, 1.807) is 14.2 Å². The molecule has 0 aliphatic heterocycles. The minimum atomic E-state index is 0.487. The van der Waals surface area contributed by atoms with Crippen LogP contribution in [0.15, 0.2) is 36.4 Å². The Balaban J connectivity index is 1.88. The number of fused-ring (bicyclic) bond motifs is 1. The number of ether oxygens (including phenoxy) is 6. The Morgan fingerprint density at radius 2 is 0.962 bits per heavy atom. The summed E-state index contributed by atoms with van der Waals surface area (Å²) in [6.45, 7) is 4.33. The van der Waals surface area contributed by atoms with Gasteiger partial charge in [-0.2, -0.15) is 0 Å². The number of hydrogen-bond acceptors (Lipinski definition) is 6. The molecule has 6 heteroatoms. The smallest absolute Gasteiger partial charge is 0.127 e. The van der Waals surface area contributed by atoms with Gasteiger partial charge in [0, 0.05) is 25.0 Å². The van der Waals surface area contributed by atoms with Gasteiger partial charge >= 0.3 is 0 Å². The molecular weight excluding hydrogens is 336 g/mol. The van der Waals surface area contributed by atoms with Crippen molar-refractivity contribution in [1.82, 2.24) is 0 Å². The lowest BCUT2D eigenvalue weighted by Gasteiger charge is -2.13. The van der Waals surface area contributed by atoms with Gasteiger partial charge in [-0.3, -0.25) is 0 Å². The van der Waals surface area contributed by atoms with Gasteiger partial charge in [-0.25, -0.2) is 0 Å². The van der Waals surface area contributed by atoms with Crippen LogP contribution in [0.5, 0.6) is 11.5 Å². The molecule has 0 aliphatic carbocycles. The van der Waals surface area contributed by atoms with Crippen LogP contribution in [0.4, 0.5) is 0 Å². The van der Waals surface area contributed by atoms with Crippen molar-refractivity contribution in [2.45, 2.75) is 0 Å². The summed E-state index contributed by atoms with van der Waals surface area (Å²) in [4.78, 5) is 0. The van der Waals surface area contributed by atoms with Crippen LogP contribution in [-0.2, 0) is 18.9 Å². The predicted molar refractivity (Wildman–Crippen MR) is 100 cm³/mol. The van der Waals surface area contributed by atoms with Crippen molar-refractivity contribution in [3.05, 3.63) is 36.4 Å². The molecule has 6 nitrogen and oxygen atoms in total. The Bertz CT molecular complexity index is 575. The minimum absolute atomic E-state index is 0.487. The normalized spacial score (nSPS) is 11.0. The van der Waals surface area contributed by atoms with Crippen LogP contribution in [0.2, 0.25) is 0 Å². The van der Waals surface area contributed by atoms with Crippen LogP contribution in [-0.4, -0.2) is 67.1 Å². The van der Waals surface area contributed by atoms with E-state index in [0.717, 1.165) is 22.3 Å². The molecule has 0 aliphatic rings. The number of benzene rings is 2. The third kappa shape index (κ3) is 6.80. The molecule has 144 valence electrons. The maximum absolute atomic E-state index is 5.86. The summed E-state index contributed by atoms with van der Waals surface area (Å²) in [7, 11) is 3.31. The van der Waals surface area contributed by atoms with Crippen molar-refractivity contribution in [3.8, 4) is 11.5 Å². The van der Waals surface area contributed by atoms with Gasteiger partial charge in [-0.15, -0.1) is 0 Å². The number of methoxy groups -OCH3 is 2. The zero-order chi connectivity index (χ0) is 18.5. The first-order chi connectivity index (χ1) is 12.9. The van der Waals surface area contributed by atoms with E-state index in [9.17, 15) is 0 Å². The molecule has 2 aromatic rings. The number of rotatable bonds is 14. The molecule has 2 rings (SSSR count). The fraction of sp³-hybridized carbons (Fsp3) is 0.500. The van der Waals surface area contributed by atoms with Crippen LogP contribution < -0.4 is 9.47 Å². The number of hydrogen-bond donors (Lipinski definition) is 0. The Hall–Kier alpha value is -1.86. The quantitative estimate of drug-likeness (QED) is 0.481. The van der Waals surface area contributed by atoms with Gasteiger partial charge in [0.15, 0.2) is 0 Å². The average molecular weight is 364 g/mol. The Morgan fingerprint density at radius 3 is 1.38 bits per heavy atom. The molecule has 0 aromatic heterocycles. The van der Waals surface area contributed by atoms with Gasteiger partial charge in [0.2, 0.25) is 0 Å². The molecule has 2 aromatic carbocycles. The van der Waals surface area contributed by atoms with Gasteiger partial charge in [-0.1, -0.05) is 24.3 Å². The van der Waals surface area contributed by atoms with Crippen LogP contribution in [0.1, 0.15) is 0 Å². The van der Waals surface area contributed by atoms with Gasteiger partial charge in [0.05, 0.1) is 39.6 Å². The highest BCUT2D eigenvalue weighted by Gasteiger charge is 2.07. The SMILES string of the molecule is COCCOCCOc1cccc2c(OCCOCCOC)cccc12. The highest BCUT2D eigenvalue weighted by molar-refractivity contribution is 5.93. The van der Waals surface area contributed by atoms with Gasteiger partial charge < -0.3 is 28.4 Å². The lowest BCUT2D eigenvalue weighted by Crippen LogP contribution is -2.10. The van der Waals surface area contributed by atoms with Crippen molar-refractivity contribution < 1.29 is 28.4 Å². The van der Waals surface area contributed by atoms with Gasteiger partial charge in [-0.05, 0) is 12.1 Å². The summed E-state index contributed by atoms with van der Waals surface area (Å²) in [5.74, 6) is 1.64. The largest absolute Gasteiger partial charge is 0.491 e. The maximum atomic E-state index is 5.86. The summed E-state index contributed by atoms with van der Waals surface area (Å²) in [5.41, 5.74) is 0. The summed E-state index contributed by atoms with van der Waals surface area (Å²) in [5, 5.41) is 2.03. The fourth-order valence-corrected chi connectivity index (χ4v) is 2.41. The van der Waals surface area contributed by atoms with Crippen LogP contribution in [0.25, 0.3) is 10.8 Å². The zero-order valence-electron chi connectivity index (χ0n) is 15.6. The summed E-state index contributed by atoms with van der Waals surface area (Å²) in [6.07, 6.45) is 0. The van der Waals surface area contributed by atoms with E-state index < -0.39 is 0 Å². The standard InChI is InChI=1S/C20H28O6/c1-21-9-11-23-13-15-25-19-7-3-6-18-17(19)5-4-8-20(18)26-16-14-24-12-10-22-2/h3-8H,9-16H2,1-2H3. The molecule has 0 spiro atoms. The van der Waals surface area contributed by atoms with E-state index in [1.165, 1.54) is 0 Å². The second-order valence-electron chi connectivity index (χ2n) is 5.51. The second-order valence-corrected chi connectivity index (χ2v) is 5.51. The summed E-state index contributed by atoms with van der Waals surface area (Å²) in [6, 6.07) is 11.9. The Morgan fingerprint density at radius 1 is 0.538 bits per heavy atom. The molecule has 0 heterocycles. The van der Waals surface area contributed by atoms with Crippen LogP contribution in [0.3, 0.4) is 0 Å². The van der Waals surface area contributed by atoms with Crippen molar-refractivity contribution >= 4 is 10.8 Å². The Kier molecular flexibility index (Phi) is 9.82. The molecule has 0 radical (unpaired) electrons. The van der Waals surface area contributed by atoms with E-state index in [2.05, 4.69) is 0 Å². The van der Waals surface area contributed by atoms with E-state index in [0.29, 0.717) is 52.9 Å². The first-order valence-electron chi connectivity index (χ1n) is 8.77. The predicted octanol–water partition coefficient (Wildman–Crippen LogP) is 2.92. The molecular formula is C20H28O6. The summed E-state index contributed by atoms with van der Waals surface area (Å²) < 4.78 is 32.5. The molecule has 0 amide bonds. The van der Waals surface area contributed by atoms with E-state index >= 15 is 0 Å². The van der Waals surface area contributed by atoms with Crippen molar-refractivity contribution in [1.29, 1.82) is 0 Å². The first kappa shape index (κ1) is 20.5. The Labute approximate surface area is 154 Å². The monoisotopic (exact) mass is 364 g/mol. The van der Waals surface area contributed by atoms with Crippen molar-refractivity contribution in [3.63, 3.8) is 0 Å². The first-order valence-corrected chi connectivity index (χ1v) is 8.77. The lowest BCUT2D eigenvalue weighted by atomic mass is 10.1. The molecule has 0 fully saturated rings. The zero-order valence-corrected chi connectivity index (χ0v) is 15.6. The summed E-state index contributed by atoms with van der Waals surface area (Å²) >= 11 is 0. The third-order valence-electron chi connectivity index (χ3n) is 3.68. The highest BCUT2D eigenvalue weighted by Crippen LogP contribution is 2.32. The average Bonchev–Trinajstić information content (AvgIpc) is 2.67. The van der Waals surface area contributed by atoms with Gasteiger partial charge in [0.25, 0.3) is 0 Å².